The topological polar surface area (TPSA) is 88.9 Å². The minimum Gasteiger partial charge on any atom is -0.345 e. The third-order valence-electron chi connectivity index (χ3n) is 4.17. The van der Waals surface area contributed by atoms with Gasteiger partial charge in [-0.05, 0) is 37.3 Å². The predicted molar refractivity (Wildman–Crippen MR) is 117 cm³/mol. The molecule has 0 bridgehead atoms. The van der Waals surface area contributed by atoms with Gasteiger partial charge in [0.1, 0.15) is 11.6 Å². The van der Waals surface area contributed by atoms with Gasteiger partial charge in [0.2, 0.25) is 5.91 Å². The van der Waals surface area contributed by atoms with Crippen LogP contribution >= 0.6 is 27.7 Å². The third-order valence-corrected chi connectivity index (χ3v) is 5.63. The summed E-state index contributed by atoms with van der Waals surface area (Å²) in [6.07, 6.45) is 0. The van der Waals surface area contributed by atoms with Crippen LogP contribution in [0.25, 0.3) is 0 Å². The molecule has 3 rings (SSSR count). The zero-order valence-electron chi connectivity index (χ0n) is 16.4. The SMILES string of the molecule is CCn1c(CNC(=O)c2ccccc2F)nnc1SCC(=O)Nc1ccc(Br)cc1F. The van der Waals surface area contributed by atoms with Crippen LogP contribution in [0.4, 0.5) is 14.5 Å². The predicted octanol–water partition coefficient (Wildman–Crippen LogP) is 4.00. The number of aromatic nitrogens is 3. The summed E-state index contributed by atoms with van der Waals surface area (Å²) in [5.74, 6) is -1.65. The highest BCUT2D eigenvalue weighted by Crippen LogP contribution is 2.21. The minimum atomic E-state index is -0.610. The lowest BCUT2D eigenvalue weighted by Gasteiger charge is -2.09. The van der Waals surface area contributed by atoms with E-state index in [9.17, 15) is 18.4 Å². The molecule has 0 atom stereocenters. The second-order valence-corrected chi connectivity index (χ2v) is 8.12. The van der Waals surface area contributed by atoms with Gasteiger partial charge in [-0.3, -0.25) is 9.59 Å². The van der Waals surface area contributed by atoms with Crippen molar-refractivity contribution in [2.24, 2.45) is 0 Å². The molecule has 1 heterocycles. The fourth-order valence-corrected chi connectivity index (χ4v) is 3.84. The lowest BCUT2D eigenvalue weighted by molar-refractivity contribution is -0.113. The summed E-state index contributed by atoms with van der Waals surface area (Å²) < 4.78 is 29.9. The fourth-order valence-electron chi connectivity index (χ4n) is 2.68. The number of anilines is 1. The smallest absolute Gasteiger partial charge is 0.254 e. The molecule has 2 amide bonds. The van der Waals surface area contributed by atoms with Gasteiger partial charge in [-0.2, -0.15) is 0 Å². The zero-order valence-corrected chi connectivity index (χ0v) is 18.8. The first-order chi connectivity index (χ1) is 14.9. The Kier molecular flexibility index (Phi) is 7.75. The summed E-state index contributed by atoms with van der Waals surface area (Å²) in [5.41, 5.74) is 0.0267. The van der Waals surface area contributed by atoms with Crippen LogP contribution in [0.2, 0.25) is 0 Å². The molecule has 31 heavy (non-hydrogen) atoms. The molecule has 0 saturated heterocycles. The van der Waals surface area contributed by atoms with Crippen LogP contribution in [0, 0.1) is 11.6 Å². The molecule has 162 valence electrons. The Balaban J connectivity index is 1.58. The van der Waals surface area contributed by atoms with Crippen molar-refractivity contribution in [2.45, 2.75) is 25.2 Å². The average Bonchev–Trinajstić information content (AvgIpc) is 3.14. The summed E-state index contributed by atoms with van der Waals surface area (Å²) in [4.78, 5) is 24.4. The molecule has 0 aliphatic carbocycles. The van der Waals surface area contributed by atoms with E-state index in [0.29, 0.717) is 22.0 Å². The van der Waals surface area contributed by atoms with Crippen molar-refractivity contribution >= 4 is 45.2 Å². The molecule has 7 nitrogen and oxygen atoms in total. The number of halogens is 3. The average molecular weight is 510 g/mol. The Bertz CT molecular complexity index is 1110. The van der Waals surface area contributed by atoms with E-state index in [2.05, 4.69) is 36.8 Å². The monoisotopic (exact) mass is 509 g/mol. The second-order valence-electron chi connectivity index (χ2n) is 6.27. The van der Waals surface area contributed by atoms with Crippen LogP contribution in [0.5, 0.6) is 0 Å². The zero-order chi connectivity index (χ0) is 22.4. The Labute approximate surface area is 189 Å². The van der Waals surface area contributed by atoms with E-state index < -0.39 is 23.4 Å². The van der Waals surface area contributed by atoms with Gasteiger partial charge in [0.15, 0.2) is 11.0 Å². The molecule has 2 aromatic carbocycles. The quantitative estimate of drug-likeness (QED) is 0.448. The van der Waals surface area contributed by atoms with E-state index in [-0.39, 0.29) is 23.5 Å². The Morgan fingerprint density at radius 1 is 1.13 bits per heavy atom. The number of thioether (sulfide) groups is 1. The molecular formula is C20H18BrF2N5O2S. The molecule has 0 unspecified atom stereocenters. The summed E-state index contributed by atoms with van der Waals surface area (Å²) in [6, 6.07) is 10.0. The van der Waals surface area contributed by atoms with E-state index in [4.69, 9.17) is 0 Å². The molecule has 11 heteroatoms. The first-order valence-electron chi connectivity index (χ1n) is 9.21. The lowest BCUT2D eigenvalue weighted by Crippen LogP contribution is -2.25. The number of nitrogens with zero attached hydrogens (tertiary/aromatic N) is 3. The third kappa shape index (κ3) is 5.88. The number of carbonyl (C=O) groups excluding carboxylic acids is 2. The molecule has 1 aromatic heterocycles. The van der Waals surface area contributed by atoms with Gasteiger partial charge in [0, 0.05) is 11.0 Å². The van der Waals surface area contributed by atoms with Crippen LogP contribution in [0.3, 0.4) is 0 Å². The van der Waals surface area contributed by atoms with Crippen LogP contribution in [-0.2, 0) is 17.9 Å². The van der Waals surface area contributed by atoms with Gasteiger partial charge in [0.05, 0.1) is 23.5 Å². The van der Waals surface area contributed by atoms with E-state index in [0.717, 1.165) is 11.8 Å². The number of amides is 2. The summed E-state index contributed by atoms with van der Waals surface area (Å²) in [6.45, 7) is 2.42. The fraction of sp³-hybridized carbons (Fsp3) is 0.200. The lowest BCUT2D eigenvalue weighted by atomic mass is 10.2. The van der Waals surface area contributed by atoms with E-state index in [1.54, 1.807) is 16.7 Å². The first-order valence-corrected chi connectivity index (χ1v) is 11.0. The normalized spacial score (nSPS) is 10.7. The van der Waals surface area contributed by atoms with Gasteiger partial charge in [-0.25, -0.2) is 8.78 Å². The van der Waals surface area contributed by atoms with Crippen molar-refractivity contribution in [3.05, 3.63) is 70.0 Å². The Hall–Kier alpha value is -2.79. The summed E-state index contributed by atoms with van der Waals surface area (Å²) >= 11 is 4.30. The van der Waals surface area contributed by atoms with E-state index in [1.807, 2.05) is 6.92 Å². The minimum absolute atomic E-state index is 0.00474. The number of nitrogens with one attached hydrogen (secondary N) is 2. The maximum atomic E-state index is 13.9. The Morgan fingerprint density at radius 3 is 2.61 bits per heavy atom. The maximum absolute atomic E-state index is 13.9. The van der Waals surface area contributed by atoms with Crippen molar-refractivity contribution in [3.63, 3.8) is 0 Å². The molecule has 2 N–H and O–H groups in total. The van der Waals surface area contributed by atoms with Crippen molar-refractivity contribution in [1.82, 2.24) is 20.1 Å². The molecule has 3 aromatic rings. The van der Waals surface area contributed by atoms with E-state index in [1.165, 1.54) is 30.3 Å². The van der Waals surface area contributed by atoms with Gasteiger partial charge >= 0.3 is 0 Å². The number of benzene rings is 2. The van der Waals surface area contributed by atoms with Gasteiger partial charge in [0.25, 0.3) is 5.91 Å². The first kappa shape index (κ1) is 22.9. The summed E-state index contributed by atoms with van der Waals surface area (Å²) in [5, 5.41) is 13.7. The standard InChI is InChI=1S/C20H18BrF2N5O2S/c1-2-28-17(10-24-19(30)13-5-3-4-6-14(13)22)26-27-20(28)31-11-18(29)25-16-8-7-12(21)9-15(16)23/h3-9H,2,10-11H2,1H3,(H,24,30)(H,25,29). The number of carbonyl (C=O) groups is 2. The molecule has 0 spiro atoms. The van der Waals surface area contributed by atoms with Gasteiger partial charge in [-0.1, -0.05) is 39.8 Å². The van der Waals surface area contributed by atoms with Crippen molar-refractivity contribution in [2.75, 3.05) is 11.1 Å². The molecule has 0 aliphatic rings. The van der Waals surface area contributed by atoms with Crippen LogP contribution in [-0.4, -0.2) is 32.3 Å². The number of hydrogen-bond acceptors (Lipinski definition) is 5. The molecule has 0 aliphatic heterocycles. The summed E-state index contributed by atoms with van der Waals surface area (Å²) in [7, 11) is 0. The maximum Gasteiger partial charge on any atom is 0.254 e. The highest BCUT2D eigenvalue weighted by molar-refractivity contribution is 9.10. The number of rotatable bonds is 8. The van der Waals surface area contributed by atoms with Crippen molar-refractivity contribution in [1.29, 1.82) is 0 Å². The second kappa shape index (κ2) is 10.5. The highest BCUT2D eigenvalue weighted by Gasteiger charge is 2.16. The van der Waals surface area contributed by atoms with Crippen LogP contribution in [0.15, 0.2) is 52.1 Å². The van der Waals surface area contributed by atoms with Crippen LogP contribution < -0.4 is 10.6 Å². The van der Waals surface area contributed by atoms with Crippen molar-refractivity contribution < 1.29 is 18.4 Å². The molecule has 0 fully saturated rings. The number of hydrogen-bond donors (Lipinski definition) is 2. The van der Waals surface area contributed by atoms with Crippen molar-refractivity contribution in [3.8, 4) is 0 Å². The molecule has 0 saturated carbocycles. The Morgan fingerprint density at radius 2 is 1.90 bits per heavy atom. The largest absolute Gasteiger partial charge is 0.345 e. The van der Waals surface area contributed by atoms with Crippen LogP contribution in [0.1, 0.15) is 23.1 Å². The van der Waals surface area contributed by atoms with E-state index >= 15 is 0 Å². The van der Waals surface area contributed by atoms with Gasteiger partial charge < -0.3 is 15.2 Å². The highest BCUT2D eigenvalue weighted by atomic mass is 79.9. The van der Waals surface area contributed by atoms with Gasteiger partial charge in [-0.15, -0.1) is 10.2 Å². The molecular weight excluding hydrogens is 492 g/mol. The molecule has 0 radical (unpaired) electrons.